The molecule has 2 amide bonds. The lowest BCUT2D eigenvalue weighted by molar-refractivity contribution is -0.141. The Kier molecular flexibility index (Phi) is 9.43. The number of nitrogens with one attached hydrogen (secondary N) is 1. The molecule has 2 aromatic carbocycles. The van der Waals surface area contributed by atoms with Crippen molar-refractivity contribution in [3.05, 3.63) is 94.3 Å². The Morgan fingerprint density at radius 1 is 1.06 bits per heavy atom. The summed E-state index contributed by atoms with van der Waals surface area (Å²) < 4.78 is 18.5. The molecule has 50 heavy (non-hydrogen) atoms. The van der Waals surface area contributed by atoms with Crippen LogP contribution in [0.3, 0.4) is 0 Å². The maximum atomic E-state index is 15.0. The number of anilines is 1. The first-order valence-electron chi connectivity index (χ1n) is 17.5. The summed E-state index contributed by atoms with van der Waals surface area (Å²) in [6.45, 7) is 8.45. The Hall–Kier alpha value is -4.64. The van der Waals surface area contributed by atoms with Crippen molar-refractivity contribution in [3.8, 4) is 11.3 Å². The summed E-state index contributed by atoms with van der Waals surface area (Å²) in [5.74, 6) is 0.00601. The lowest BCUT2D eigenvalue weighted by atomic mass is 9.77. The van der Waals surface area contributed by atoms with Gasteiger partial charge >= 0.3 is 0 Å². The molecule has 0 bridgehead atoms. The molecule has 0 radical (unpaired) electrons. The zero-order valence-corrected chi connectivity index (χ0v) is 29.6. The van der Waals surface area contributed by atoms with E-state index in [1.54, 1.807) is 16.6 Å². The van der Waals surface area contributed by atoms with Gasteiger partial charge in [0.1, 0.15) is 17.1 Å². The summed E-state index contributed by atoms with van der Waals surface area (Å²) in [6, 6.07) is 14.1. The third kappa shape index (κ3) is 6.63. The molecule has 5 atom stereocenters. The van der Waals surface area contributed by atoms with E-state index >= 15 is 0 Å². The number of halogens is 2. The van der Waals surface area contributed by atoms with Gasteiger partial charge in [0.25, 0.3) is 5.91 Å². The van der Waals surface area contributed by atoms with Crippen LogP contribution in [0.25, 0.3) is 16.9 Å². The average Bonchev–Trinajstić information content (AvgIpc) is 3.87. The number of hydrogen-bond acceptors (Lipinski definition) is 6. The number of amides is 2. The van der Waals surface area contributed by atoms with Crippen molar-refractivity contribution in [3.63, 3.8) is 0 Å². The SMILES string of the molecule is Cc1cc(C)n2ncc(C(=O)Nc3ccc(-c4cn(C5CCC(C(=O)N(Cc6c(F)cccc6Cl)C6CCCC(C)C6C)C5)nn4)cc3)c2n1. The van der Waals surface area contributed by atoms with Crippen LogP contribution in [0.15, 0.2) is 60.9 Å². The van der Waals surface area contributed by atoms with Gasteiger partial charge in [-0.3, -0.25) is 9.59 Å². The van der Waals surface area contributed by atoms with E-state index in [1.807, 2.05) is 60.0 Å². The number of aromatic nitrogens is 6. The molecular weight excluding hydrogens is 655 g/mol. The molecule has 0 saturated heterocycles. The number of aryl methyl sites for hydroxylation is 2. The van der Waals surface area contributed by atoms with Gasteiger partial charge in [0, 0.05) is 45.2 Å². The van der Waals surface area contributed by atoms with Gasteiger partial charge in [-0.15, -0.1) is 5.10 Å². The second kappa shape index (κ2) is 13.9. The largest absolute Gasteiger partial charge is 0.335 e. The number of carbonyl (C=O) groups is 2. The number of rotatable bonds is 8. The summed E-state index contributed by atoms with van der Waals surface area (Å²) in [5, 5.41) is 16.5. The Bertz CT molecular complexity index is 2020. The number of benzene rings is 2. The van der Waals surface area contributed by atoms with Crippen molar-refractivity contribution in [2.75, 3.05) is 5.32 Å². The quantitative estimate of drug-likeness (QED) is 0.177. The van der Waals surface area contributed by atoms with Crippen LogP contribution in [0.4, 0.5) is 10.1 Å². The van der Waals surface area contributed by atoms with Crippen molar-refractivity contribution < 1.29 is 14.0 Å². The minimum Gasteiger partial charge on any atom is -0.335 e. The van der Waals surface area contributed by atoms with E-state index in [9.17, 15) is 14.0 Å². The van der Waals surface area contributed by atoms with Gasteiger partial charge in [-0.2, -0.15) is 5.10 Å². The van der Waals surface area contributed by atoms with Crippen LogP contribution >= 0.6 is 11.6 Å². The van der Waals surface area contributed by atoms with Crippen molar-refractivity contribution in [2.45, 2.75) is 84.8 Å². The Morgan fingerprint density at radius 2 is 1.86 bits per heavy atom. The summed E-state index contributed by atoms with van der Waals surface area (Å²) >= 11 is 6.46. The normalized spacial score (nSPS) is 22.2. The van der Waals surface area contributed by atoms with Gasteiger partial charge in [-0.25, -0.2) is 18.6 Å². The Morgan fingerprint density at radius 3 is 2.64 bits per heavy atom. The first-order valence-corrected chi connectivity index (χ1v) is 17.8. The second-order valence-corrected chi connectivity index (χ2v) is 14.5. The van der Waals surface area contributed by atoms with Crippen LogP contribution in [0.5, 0.6) is 0 Å². The van der Waals surface area contributed by atoms with Gasteiger partial charge < -0.3 is 10.2 Å². The molecule has 5 aromatic rings. The smallest absolute Gasteiger partial charge is 0.261 e. The van der Waals surface area contributed by atoms with Gasteiger partial charge in [-0.05, 0) is 81.7 Å². The fourth-order valence-corrected chi connectivity index (χ4v) is 8.03. The predicted octanol–water partition coefficient (Wildman–Crippen LogP) is 7.84. The van der Waals surface area contributed by atoms with Gasteiger partial charge in [0.15, 0.2) is 5.65 Å². The molecule has 2 saturated carbocycles. The maximum Gasteiger partial charge on any atom is 0.261 e. The topological polar surface area (TPSA) is 110 Å². The molecule has 5 unspecified atom stereocenters. The Balaban J connectivity index is 1.03. The van der Waals surface area contributed by atoms with Gasteiger partial charge in [-0.1, -0.05) is 61.7 Å². The minimum absolute atomic E-state index is 0.0251. The molecule has 0 spiro atoms. The summed E-state index contributed by atoms with van der Waals surface area (Å²) in [4.78, 5) is 33.8. The van der Waals surface area contributed by atoms with Gasteiger partial charge in [0.2, 0.25) is 5.91 Å². The summed E-state index contributed by atoms with van der Waals surface area (Å²) in [7, 11) is 0. The van der Waals surface area contributed by atoms with Crippen molar-refractivity contribution in [2.24, 2.45) is 17.8 Å². The molecule has 7 rings (SSSR count). The Labute approximate surface area is 296 Å². The maximum absolute atomic E-state index is 15.0. The zero-order chi connectivity index (χ0) is 35.1. The monoisotopic (exact) mass is 696 g/mol. The molecule has 0 aliphatic heterocycles. The highest BCUT2D eigenvalue weighted by atomic mass is 35.5. The number of hydrogen-bond donors (Lipinski definition) is 1. The van der Waals surface area contributed by atoms with Crippen molar-refractivity contribution >= 4 is 34.7 Å². The number of nitrogens with zero attached hydrogens (tertiary/aromatic N) is 7. The fraction of sp³-hybridized carbons (Fsp3) is 0.421. The second-order valence-electron chi connectivity index (χ2n) is 14.1. The van der Waals surface area contributed by atoms with Crippen LogP contribution in [0.2, 0.25) is 5.02 Å². The molecule has 1 N–H and O–H groups in total. The zero-order valence-electron chi connectivity index (χ0n) is 28.8. The molecule has 2 aliphatic rings. The lowest BCUT2D eigenvalue weighted by Crippen LogP contribution is -2.48. The van der Waals surface area contributed by atoms with E-state index in [2.05, 4.69) is 39.6 Å². The highest BCUT2D eigenvalue weighted by Gasteiger charge is 2.40. The highest BCUT2D eigenvalue weighted by molar-refractivity contribution is 6.31. The molecule has 2 aliphatic carbocycles. The van der Waals surface area contributed by atoms with Crippen LogP contribution in [-0.4, -0.2) is 52.3 Å². The fourth-order valence-electron chi connectivity index (χ4n) is 7.80. The lowest BCUT2D eigenvalue weighted by Gasteiger charge is -2.43. The molecule has 2 fully saturated rings. The first kappa shape index (κ1) is 33.8. The minimum atomic E-state index is -0.379. The summed E-state index contributed by atoms with van der Waals surface area (Å²) in [5.41, 5.74) is 5.22. The molecule has 12 heteroatoms. The highest BCUT2D eigenvalue weighted by Crippen LogP contribution is 2.40. The average molecular weight is 697 g/mol. The standard InChI is InChI=1S/C38H42ClFN8O2/c1-22-7-5-10-35(25(22)4)46(20-31-32(39)8-6-9-33(31)40)38(50)27-13-16-29(18-27)47-21-34(44-45-47)26-11-14-28(15-12-26)43-37(49)30-19-41-48-24(3)17-23(2)42-36(30)48/h6,8-9,11-12,14-15,17,19,21-22,25,27,29,35H,5,7,10,13,16,18,20H2,1-4H3,(H,43,49). The molecular formula is C38H42ClFN8O2. The number of fused-ring (bicyclic) bond motifs is 1. The van der Waals surface area contributed by atoms with E-state index in [1.165, 1.54) is 12.3 Å². The number of carbonyl (C=O) groups excluding carboxylic acids is 2. The van der Waals surface area contributed by atoms with E-state index in [0.717, 1.165) is 49.1 Å². The van der Waals surface area contributed by atoms with Crippen LogP contribution in [0, 0.1) is 37.4 Å². The van der Waals surface area contributed by atoms with Crippen LogP contribution in [0.1, 0.15) is 85.7 Å². The van der Waals surface area contributed by atoms with Crippen molar-refractivity contribution in [1.29, 1.82) is 0 Å². The van der Waals surface area contributed by atoms with Crippen LogP contribution in [-0.2, 0) is 11.3 Å². The summed E-state index contributed by atoms with van der Waals surface area (Å²) in [6.07, 6.45) is 8.71. The van der Waals surface area contributed by atoms with E-state index in [0.29, 0.717) is 51.4 Å². The molecule has 3 aromatic heterocycles. The van der Waals surface area contributed by atoms with Crippen LogP contribution < -0.4 is 5.32 Å². The van der Waals surface area contributed by atoms with E-state index < -0.39 is 0 Å². The van der Waals surface area contributed by atoms with Crippen molar-refractivity contribution in [1.82, 2.24) is 34.5 Å². The third-order valence-corrected chi connectivity index (χ3v) is 11.2. The van der Waals surface area contributed by atoms with E-state index in [4.69, 9.17) is 11.6 Å². The predicted molar refractivity (Wildman–Crippen MR) is 190 cm³/mol. The first-order chi connectivity index (χ1) is 24.1. The van der Waals surface area contributed by atoms with Gasteiger partial charge in [0.05, 0.1) is 25.0 Å². The molecule has 10 nitrogen and oxygen atoms in total. The third-order valence-electron chi connectivity index (χ3n) is 10.8. The molecule has 3 heterocycles. The van der Waals surface area contributed by atoms with E-state index in [-0.39, 0.29) is 42.2 Å². The molecule has 260 valence electrons.